The SMILES string of the molecule is Fc1ccc(-c2nc(-c3ccncc3)no2)cc1. The Morgan fingerprint density at radius 1 is 0.889 bits per heavy atom. The Balaban J connectivity index is 1.97. The molecule has 0 amide bonds. The number of pyridine rings is 1. The summed E-state index contributed by atoms with van der Waals surface area (Å²) in [4.78, 5) is 8.17. The van der Waals surface area contributed by atoms with E-state index in [4.69, 9.17) is 4.52 Å². The highest BCUT2D eigenvalue weighted by Gasteiger charge is 2.10. The van der Waals surface area contributed by atoms with E-state index in [0.717, 1.165) is 5.56 Å². The summed E-state index contributed by atoms with van der Waals surface area (Å²) in [5.74, 6) is 0.547. The van der Waals surface area contributed by atoms with Crippen molar-refractivity contribution in [3.8, 4) is 22.8 Å². The average molecular weight is 241 g/mol. The van der Waals surface area contributed by atoms with Gasteiger partial charge in [-0.25, -0.2) is 4.39 Å². The first-order valence-corrected chi connectivity index (χ1v) is 5.33. The third-order valence-electron chi connectivity index (χ3n) is 2.46. The highest BCUT2D eigenvalue weighted by atomic mass is 19.1. The molecule has 0 radical (unpaired) electrons. The van der Waals surface area contributed by atoms with Crippen molar-refractivity contribution in [2.24, 2.45) is 0 Å². The second-order valence-corrected chi connectivity index (χ2v) is 3.67. The van der Waals surface area contributed by atoms with Crippen LogP contribution in [0.3, 0.4) is 0 Å². The minimum atomic E-state index is -0.298. The van der Waals surface area contributed by atoms with Gasteiger partial charge in [0.1, 0.15) is 5.82 Å². The lowest BCUT2D eigenvalue weighted by molar-refractivity contribution is 0.432. The number of halogens is 1. The predicted octanol–water partition coefficient (Wildman–Crippen LogP) is 2.94. The molecule has 0 saturated carbocycles. The summed E-state index contributed by atoms with van der Waals surface area (Å²) in [6.45, 7) is 0. The highest BCUT2D eigenvalue weighted by Crippen LogP contribution is 2.21. The van der Waals surface area contributed by atoms with Crippen LogP contribution in [0.1, 0.15) is 0 Å². The van der Waals surface area contributed by atoms with Gasteiger partial charge < -0.3 is 4.52 Å². The third-order valence-corrected chi connectivity index (χ3v) is 2.46. The van der Waals surface area contributed by atoms with Crippen molar-refractivity contribution < 1.29 is 8.91 Å². The fraction of sp³-hybridized carbons (Fsp3) is 0. The van der Waals surface area contributed by atoms with E-state index >= 15 is 0 Å². The molecule has 0 spiro atoms. The molecule has 0 atom stereocenters. The quantitative estimate of drug-likeness (QED) is 0.692. The van der Waals surface area contributed by atoms with Crippen molar-refractivity contribution in [1.29, 1.82) is 0 Å². The molecule has 2 aromatic heterocycles. The molecule has 0 fully saturated rings. The maximum absolute atomic E-state index is 12.8. The first kappa shape index (κ1) is 10.6. The molecule has 1 aromatic carbocycles. The number of nitrogens with zero attached hydrogens (tertiary/aromatic N) is 3. The van der Waals surface area contributed by atoms with Gasteiger partial charge in [-0.15, -0.1) is 0 Å². The van der Waals surface area contributed by atoms with Crippen molar-refractivity contribution in [2.45, 2.75) is 0 Å². The minimum Gasteiger partial charge on any atom is -0.334 e. The summed E-state index contributed by atoms with van der Waals surface area (Å²) in [6, 6.07) is 9.48. The molecule has 0 aliphatic carbocycles. The van der Waals surface area contributed by atoms with E-state index in [2.05, 4.69) is 15.1 Å². The van der Waals surface area contributed by atoms with Crippen molar-refractivity contribution in [3.05, 3.63) is 54.6 Å². The number of aromatic nitrogens is 3. The molecule has 0 unspecified atom stereocenters. The van der Waals surface area contributed by atoms with Gasteiger partial charge in [0.2, 0.25) is 5.82 Å². The fourth-order valence-corrected chi connectivity index (χ4v) is 1.55. The summed E-state index contributed by atoms with van der Waals surface area (Å²) in [5.41, 5.74) is 1.51. The summed E-state index contributed by atoms with van der Waals surface area (Å²) >= 11 is 0. The zero-order valence-electron chi connectivity index (χ0n) is 9.25. The maximum Gasteiger partial charge on any atom is 0.258 e. The molecular weight excluding hydrogens is 233 g/mol. The minimum absolute atomic E-state index is 0.298. The van der Waals surface area contributed by atoms with Crippen LogP contribution in [0.15, 0.2) is 53.3 Å². The second kappa shape index (κ2) is 4.37. The molecule has 4 nitrogen and oxygen atoms in total. The largest absolute Gasteiger partial charge is 0.334 e. The molecule has 88 valence electrons. The van der Waals surface area contributed by atoms with Crippen LogP contribution < -0.4 is 0 Å². The Bertz CT molecular complexity index is 650. The van der Waals surface area contributed by atoms with Gasteiger partial charge in [-0.2, -0.15) is 4.98 Å². The molecule has 5 heteroatoms. The second-order valence-electron chi connectivity index (χ2n) is 3.67. The van der Waals surface area contributed by atoms with Crippen LogP contribution in [-0.2, 0) is 0 Å². The van der Waals surface area contributed by atoms with Crippen molar-refractivity contribution in [2.75, 3.05) is 0 Å². The van der Waals surface area contributed by atoms with Crippen LogP contribution in [0.5, 0.6) is 0 Å². The normalized spacial score (nSPS) is 10.5. The van der Waals surface area contributed by atoms with E-state index in [1.807, 2.05) is 0 Å². The standard InChI is InChI=1S/C13H8FN3O/c14-11-3-1-10(2-4-11)13-16-12(17-18-13)9-5-7-15-8-6-9/h1-8H. The molecule has 0 aliphatic rings. The monoisotopic (exact) mass is 241 g/mol. The van der Waals surface area contributed by atoms with E-state index in [0.29, 0.717) is 17.3 Å². The highest BCUT2D eigenvalue weighted by molar-refractivity contribution is 5.58. The van der Waals surface area contributed by atoms with Crippen LogP contribution in [0.2, 0.25) is 0 Å². The lowest BCUT2D eigenvalue weighted by Gasteiger charge is -1.92. The Morgan fingerprint density at radius 2 is 1.61 bits per heavy atom. The topological polar surface area (TPSA) is 51.8 Å². The molecule has 3 rings (SSSR count). The Hall–Kier alpha value is -2.56. The summed E-state index contributed by atoms with van der Waals surface area (Å²) in [5, 5.41) is 3.88. The Kier molecular flexibility index (Phi) is 2.57. The zero-order valence-corrected chi connectivity index (χ0v) is 9.25. The average Bonchev–Trinajstić information content (AvgIpc) is 2.90. The number of rotatable bonds is 2. The van der Waals surface area contributed by atoms with E-state index in [1.165, 1.54) is 12.1 Å². The third kappa shape index (κ3) is 1.98. The molecule has 0 bridgehead atoms. The molecule has 0 aliphatic heterocycles. The summed E-state index contributed by atoms with van der Waals surface area (Å²) < 4.78 is 17.9. The van der Waals surface area contributed by atoms with Crippen molar-refractivity contribution in [3.63, 3.8) is 0 Å². The van der Waals surface area contributed by atoms with Crippen molar-refractivity contribution >= 4 is 0 Å². The molecule has 18 heavy (non-hydrogen) atoms. The van der Waals surface area contributed by atoms with Gasteiger partial charge in [0.25, 0.3) is 5.89 Å². The van der Waals surface area contributed by atoms with Gasteiger partial charge in [-0.3, -0.25) is 4.98 Å². The lowest BCUT2D eigenvalue weighted by Crippen LogP contribution is -1.82. The lowest BCUT2D eigenvalue weighted by atomic mass is 10.2. The van der Waals surface area contributed by atoms with Crippen molar-refractivity contribution in [1.82, 2.24) is 15.1 Å². The van der Waals surface area contributed by atoms with Crippen LogP contribution in [-0.4, -0.2) is 15.1 Å². The molecule has 3 aromatic rings. The van der Waals surface area contributed by atoms with E-state index < -0.39 is 0 Å². The summed E-state index contributed by atoms with van der Waals surface area (Å²) in [7, 11) is 0. The van der Waals surface area contributed by atoms with E-state index in [-0.39, 0.29) is 5.82 Å². The molecule has 0 N–H and O–H groups in total. The van der Waals surface area contributed by atoms with Crippen LogP contribution in [0.25, 0.3) is 22.8 Å². The van der Waals surface area contributed by atoms with E-state index in [9.17, 15) is 4.39 Å². The van der Waals surface area contributed by atoms with Gasteiger partial charge in [-0.05, 0) is 36.4 Å². The molecular formula is C13H8FN3O. The van der Waals surface area contributed by atoms with Gasteiger partial charge >= 0.3 is 0 Å². The van der Waals surface area contributed by atoms with Crippen LogP contribution in [0, 0.1) is 5.82 Å². The van der Waals surface area contributed by atoms with E-state index in [1.54, 1.807) is 36.7 Å². The smallest absolute Gasteiger partial charge is 0.258 e. The number of hydrogen-bond acceptors (Lipinski definition) is 4. The zero-order chi connectivity index (χ0) is 12.4. The molecule has 0 saturated heterocycles. The van der Waals surface area contributed by atoms with Gasteiger partial charge in [0.05, 0.1) is 0 Å². The van der Waals surface area contributed by atoms with Crippen LogP contribution in [0.4, 0.5) is 4.39 Å². The Labute approximate surface area is 102 Å². The maximum atomic E-state index is 12.8. The predicted molar refractivity (Wildman–Crippen MR) is 62.9 cm³/mol. The molecule has 2 heterocycles. The van der Waals surface area contributed by atoms with Gasteiger partial charge in [-0.1, -0.05) is 5.16 Å². The summed E-state index contributed by atoms with van der Waals surface area (Å²) in [6.07, 6.45) is 3.31. The van der Waals surface area contributed by atoms with Gasteiger partial charge in [0, 0.05) is 23.5 Å². The van der Waals surface area contributed by atoms with Crippen LogP contribution >= 0.6 is 0 Å². The fourth-order valence-electron chi connectivity index (χ4n) is 1.55. The number of benzene rings is 1. The number of hydrogen-bond donors (Lipinski definition) is 0. The van der Waals surface area contributed by atoms with Gasteiger partial charge in [0.15, 0.2) is 0 Å². The first-order valence-electron chi connectivity index (χ1n) is 5.33. The first-order chi connectivity index (χ1) is 8.83. The Morgan fingerprint density at radius 3 is 2.33 bits per heavy atom.